The van der Waals surface area contributed by atoms with Crippen LogP contribution in [0.5, 0.6) is 0 Å². The van der Waals surface area contributed by atoms with Crippen LogP contribution in [0.25, 0.3) is 12.2 Å². The molecule has 1 aliphatic carbocycles. The van der Waals surface area contributed by atoms with Gasteiger partial charge < -0.3 is 0 Å². The molecule has 0 amide bonds. The second kappa shape index (κ2) is 8.87. The van der Waals surface area contributed by atoms with E-state index in [1.165, 1.54) is 56.1 Å². The van der Waals surface area contributed by atoms with Gasteiger partial charge >= 0.3 is 0 Å². The molecule has 0 aromatic heterocycles. The van der Waals surface area contributed by atoms with Crippen LogP contribution >= 0.6 is 0 Å². The summed E-state index contributed by atoms with van der Waals surface area (Å²) in [5.41, 5.74) is 4.09. The van der Waals surface area contributed by atoms with Gasteiger partial charge in [0.2, 0.25) is 0 Å². The topological polar surface area (TPSA) is 0 Å². The minimum absolute atomic E-state index is 0.787. The van der Waals surface area contributed by atoms with Gasteiger partial charge in [-0.25, -0.2) is 0 Å². The molecule has 0 radical (unpaired) electrons. The summed E-state index contributed by atoms with van der Waals surface area (Å²) in [4.78, 5) is 0. The summed E-state index contributed by atoms with van der Waals surface area (Å²) in [6, 6.07) is 19.8. The van der Waals surface area contributed by atoms with Gasteiger partial charge in [0.1, 0.15) is 0 Å². The van der Waals surface area contributed by atoms with Gasteiger partial charge in [-0.15, -0.1) is 0 Å². The van der Waals surface area contributed by atoms with Gasteiger partial charge in [-0.05, 0) is 54.2 Å². The summed E-state index contributed by atoms with van der Waals surface area (Å²) in [7, 11) is 0. The zero-order valence-electron chi connectivity index (χ0n) is 15.0. The Morgan fingerprint density at radius 1 is 0.792 bits per heavy atom. The van der Waals surface area contributed by atoms with Crippen LogP contribution in [0.15, 0.2) is 54.6 Å². The minimum atomic E-state index is 0.787. The van der Waals surface area contributed by atoms with Crippen molar-refractivity contribution >= 4 is 12.2 Å². The molecule has 1 aliphatic rings. The highest BCUT2D eigenvalue weighted by molar-refractivity contribution is 5.69. The van der Waals surface area contributed by atoms with Crippen LogP contribution in [0.2, 0.25) is 0 Å². The van der Waals surface area contributed by atoms with Gasteiger partial charge in [-0.1, -0.05) is 92.9 Å². The van der Waals surface area contributed by atoms with Crippen molar-refractivity contribution in [1.29, 1.82) is 0 Å². The first-order valence-corrected chi connectivity index (χ1v) is 9.68. The number of benzene rings is 2. The fourth-order valence-corrected chi connectivity index (χ4v) is 3.91. The molecule has 3 rings (SSSR count). The molecule has 24 heavy (non-hydrogen) atoms. The molecular weight excluding hydrogens is 288 g/mol. The summed E-state index contributed by atoms with van der Waals surface area (Å²) in [6.07, 6.45) is 14.2. The first kappa shape index (κ1) is 17.0. The maximum Gasteiger partial charge on any atom is -0.0162 e. The highest BCUT2D eigenvalue weighted by Crippen LogP contribution is 2.37. The Kier molecular flexibility index (Phi) is 6.29. The number of rotatable bonds is 6. The lowest BCUT2D eigenvalue weighted by Gasteiger charge is -2.28. The highest BCUT2D eigenvalue weighted by Gasteiger charge is 2.21. The molecule has 126 valence electrons. The van der Waals surface area contributed by atoms with Crippen LogP contribution in [0.1, 0.15) is 74.5 Å². The predicted octanol–water partition coefficient (Wildman–Crippen LogP) is 7.32. The van der Waals surface area contributed by atoms with Crippen molar-refractivity contribution in [3.63, 3.8) is 0 Å². The monoisotopic (exact) mass is 318 g/mol. The number of hydrogen-bond acceptors (Lipinski definition) is 0. The zero-order chi connectivity index (χ0) is 16.6. The molecule has 0 unspecified atom stereocenters. The lowest BCUT2D eigenvalue weighted by atomic mass is 9.77. The van der Waals surface area contributed by atoms with Crippen LogP contribution in [-0.4, -0.2) is 0 Å². The van der Waals surface area contributed by atoms with Gasteiger partial charge in [0.25, 0.3) is 0 Å². The van der Waals surface area contributed by atoms with Crippen molar-refractivity contribution in [2.45, 2.75) is 57.8 Å². The van der Waals surface area contributed by atoms with Crippen molar-refractivity contribution < 1.29 is 0 Å². The Morgan fingerprint density at radius 2 is 1.42 bits per heavy atom. The average Bonchev–Trinajstić information content (AvgIpc) is 2.66. The van der Waals surface area contributed by atoms with E-state index in [4.69, 9.17) is 0 Å². The molecule has 0 nitrogen and oxygen atoms in total. The standard InChI is InChI=1S/C24H30/c1-2-3-7-21-12-16-23(17-13-21)24-18-14-22(15-19-24)11-10-20-8-5-4-6-9-20/h4-6,8-11,14-15,18-19,21,23H,2-3,7,12-13,16-17H2,1H3. The molecule has 2 aromatic carbocycles. The predicted molar refractivity (Wildman–Crippen MR) is 106 cm³/mol. The van der Waals surface area contributed by atoms with E-state index in [2.05, 4.69) is 73.7 Å². The zero-order valence-corrected chi connectivity index (χ0v) is 15.0. The quantitative estimate of drug-likeness (QED) is 0.489. The van der Waals surface area contributed by atoms with Crippen molar-refractivity contribution in [1.82, 2.24) is 0 Å². The summed E-state index contributed by atoms with van der Waals surface area (Å²) in [6.45, 7) is 2.30. The third-order valence-corrected chi connectivity index (χ3v) is 5.49. The van der Waals surface area contributed by atoms with Gasteiger partial charge in [-0.3, -0.25) is 0 Å². The molecule has 0 bridgehead atoms. The van der Waals surface area contributed by atoms with E-state index >= 15 is 0 Å². The van der Waals surface area contributed by atoms with E-state index in [1.807, 2.05) is 0 Å². The molecule has 0 heterocycles. The second-order valence-electron chi connectivity index (χ2n) is 7.27. The Bertz CT molecular complexity index is 613. The summed E-state index contributed by atoms with van der Waals surface area (Å²) < 4.78 is 0. The summed E-state index contributed by atoms with van der Waals surface area (Å²) >= 11 is 0. The molecule has 0 N–H and O–H groups in total. The number of hydrogen-bond donors (Lipinski definition) is 0. The van der Waals surface area contributed by atoms with Crippen LogP contribution in [-0.2, 0) is 0 Å². The maximum atomic E-state index is 2.35. The molecule has 2 aromatic rings. The third kappa shape index (κ3) is 4.84. The largest absolute Gasteiger partial charge is 0.0654 e. The van der Waals surface area contributed by atoms with Crippen LogP contribution in [0.3, 0.4) is 0 Å². The molecule has 0 spiro atoms. The third-order valence-electron chi connectivity index (χ3n) is 5.49. The Labute approximate surface area is 147 Å². The SMILES string of the molecule is CCCCC1CCC(c2ccc(C=Cc3ccccc3)cc2)CC1. The van der Waals surface area contributed by atoms with E-state index in [0.717, 1.165) is 11.8 Å². The van der Waals surface area contributed by atoms with E-state index in [-0.39, 0.29) is 0 Å². The first-order chi connectivity index (χ1) is 11.8. The molecular formula is C24H30. The lowest BCUT2D eigenvalue weighted by Crippen LogP contribution is -2.13. The van der Waals surface area contributed by atoms with Crippen LogP contribution in [0, 0.1) is 5.92 Å². The highest BCUT2D eigenvalue weighted by atomic mass is 14.3. The first-order valence-electron chi connectivity index (χ1n) is 9.68. The van der Waals surface area contributed by atoms with E-state index in [9.17, 15) is 0 Å². The molecule has 0 aliphatic heterocycles. The van der Waals surface area contributed by atoms with E-state index in [1.54, 1.807) is 5.56 Å². The smallest absolute Gasteiger partial charge is 0.0162 e. The van der Waals surface area contributed by atoms with E-state index < -0.39 is 0 Å². The Hall–Kier alpha value is -1.82. The van der Waals surface area contributed by atoms with Gasteiger partial charge in [0.05, 0.1) is 0 Å². The molecule has 0 saturated heterocycles. The number of unbranched alkanes of at least 4 members (excludes halogenated alkanes) is 1. The normalized spacial score (nSPS) is 21.2. The van der Waals surface area contributed by atoms with Crippen molar-refractivity contribution in [2.75, 3.05) is 0 Å². The fourth-order valence-electron chi connectivity index (χ4n) is 3.91. The van der Waals surface area contributed by atoms with Crippen molar-refractivity contribution in [2.24, 2.45) is 5.92 Å². The molecule has 1 saturated carbocycles. The lowest BCUT2D eigenvalue weighted by molar-refractivity contribution is 0.304. The maximum absolute atomic E-state index is 2.35. The van der Waals surface area contributed by atoms with Crippen LogP contribution in [0.4, 0.5) is 0 Å². The molecule has 1 fully saturated rings. The van der Waals surface area contributed by atoms with Gasteiger partial charge in [-0.2, -0.15) is 0 Å². The molecule has 0 atom stereocenters. The summed E-state index contributed by atoms with van der Waals surface area (Å²) in [5, 5.41) is 0. The van der Waals surface area contributed by atoms with E-state index in [0.29, 0.717) is 0 Å². The van der Waals surface area contributed by atoms with Gasteiger partial charge in [0, 0.05) is 0 Å². The molecule has 0 heteroatoms. The fraction of sp³-hybridized carbons (Fsp3) is 0.417. The Morgan fingerprint density at radius 3 is 2.04 bits per heavy atom. The Balaban J connectivity index is 1.54. The van der Waals surface area contributed by atoms with Crippen LogP contribution < -0.4 is 0 Å². The second-order valence-corrected chi connectivity index (χ2v) is 7.27. The minimum Gasteiger partial charge on any atom is -0.0654 e. The van der Waals surface area contributed by atoms with Crippen molar-refractivity contribution in [3.8, 4) is 0 Å². The summed E-state index contributed by atoms with van der Waals surface area (Å²) in [5.74, 6) is 1.78. The average molecular weight is 319 g/mol. The van der Waals surface area contributed by atoms with Gasteiger partial charge in [0.15, 0.2) is 0 Å². The van der Waals surface area contributed by atoms with Crippen molar-refractivity contribution in [3.05, 3.63) is 71.3 Å².